The Labute approximate surface area is 170 Å². The molecule has 1 saturated heterocycles. The molecule has 3 aromatic rings. The van der Waals surface area contributed by atoms with E-state index in [9.17, 15) is 0 Å². The topological polar surface area (TPSA) is 56.3 Å². The fraction of sp³-hybridized carbons (Fsp3) is 0.333. The molecule has 1 N–H and O–H groups in total. The van der Waals surface area contributed by atoms with Crippen molar-refractivity contribution in [3.05, 3.63) is 53.5 Å². The summed E-state index contributed by atoms with van der Waals surface area (Å²) in [7, 11) is -0.348. The zero-order chi connectivity index (χ0) is 19.9. The van der Waals surface area contributed by atoms with Gasteiger partial charge in [-0.05, 0) is 52.2 Å². The van der Waals surface area contributed by atoms with Crippen molar-refractivity contribution >= 4 is 34.9 Å². The molecule has 5 nitrogen and oxygen atoms in total. The minimum absolute atomic E-state index is 0.338. The predicted octanol–water partition coefficient (Wildman–Crippen LogP) is 4.56. The molecule has 1 aromatic carbocycles. The highest BCUT2D eigenvalue weighted by Crippen LogP contribution is 2.36. The van der Waals surface area contributed by atoms with Crippen molar-refractivity contribution in [3.63, 3.8) is 0 Å². The van der Waals surface area contributed by atoms with E-state index in [1.54, 1.807) is 11.3 Å². The van der Waals surface area contributed by atoms with Gasteiger partial charge in [0.1, 0.15) is 5.82 Å². The zero-order valence-corrected chi connectivity index (χ0v) is 17.6. The molecule has 7 heteroatoms. The van der Waals surface area contributed by atoms with E-state index >= 15 is 0 Å². The Balaban J connectivity index is 1.48. The second-order valence-electron chi connectivity index (χ2n) is 8.04. The van der Waals surface area contributed by atoms with Gasteiger partial charge >= 0.3 is 7.12 Å². The molecule has 0 spiro atoms. The van der Waals surface area contributed by atoms with Crippen molar-refractivity contribution in [2.24, 2.45) is 0 Å². The first-order valence-electron chi connectivity index (χ1n) is 9.36. The van der Waals surface area contributed by atoms with Gasteiger partial charge in [0.2, 0.25) is 0 Å². The lowest BCUT2D eigenvalue weighted by Crippen LogP contribution is -2.41. The number of rotatable bonds is 4. The molecule has 2 aromatic heterocycles. The Hall–Kier alpha value is -2.22. The Morgan fingerprint density at radius 1 is 0.929 bits per heavy atom. The minimum Gasteiger partial charge on any atom is -0.399 e. The molecule has 1 aliphatic heterocycles. The summed E-state index contributed by atoms with van der Waals surface area (Å²) in [6, 6.07) is 14.1. The fourth-order valence-corrected chi connectivity index (χ4v) is 3.70. The first-order chi connectivity index (χ1) is 13.2. The molecule has 1 fully saturated rings. The molecule has 0 radical (unpaired) electrons. The summed E-state index contributed by atoms with van der Waals surface area (Å²) in [5.41, 5.74) is 3.30. The predicted molar refractivity (Wildman–Crippen MR) is 116 cm³/mol. The third-order valence-electron chi connectivity index (χ3n) is 5.36. The van der Waals surface area contributed by atoms with Gasteiger partial charge in [0.15, 0.2) is 5.13 Å². The average molecular weight is 393 g/mol. The number of thiazole rings is 1. The lowest BCUT2D eigenvalue weighted by Gasteiger charge is -2.32. The quantitative estimate of drug-likeness (QED) is 0.659. The van der Waals surface area contributed by atoms with E-state index in [4.69, 9.17) is 9.31 Å². The van der Waals surface area contributed by atoms with Crippen LogP contribution in [0.25, 0.3) is 11.3 Å². The smallest absolute Gasteiger partial charge is 0.399 e. The second kappa shape index (κ2) is 6.99. The summed E-state index contributed by atoms with van der Waals surface area (Å²) in [6.07, 6.45) is 0. The number of hydrogen-bond acceptors (Lipinski definition) is 6. The van der Waals surface area contributed by atoms with Gasteiger partial charge in [0, 0.05) is 16.6 Å². The van der Waals surface area contributed by atoms with Crippen LogP contribution in [0.5, 0.6) is 0 Å². The maximum atomic E-state index is 6.12. The lowest BCUT2D eigenvalue weighted by molar-refractivity contribution is 0.00578. The molecule has 4 rings (SSSR count). The minimum atomic E-state index is -0.348. The van der Waals surface area contributed by atoms with Crippen LogP contribution in [0, 0.1) is 6.92 Å². The van der Waals surface area contributed by atoms with Crippen molar-refractivity contribution in [2.45, 2.75) is 45.8 Å². The number of anilines is 2. The van der Waals surface area contributed by atoms with E-state index in [2.05, 4.69) is 55.1 Å². The van der Waals surface area contributed by atoms with Gasteiger partial charge in [0.05, 0.1) is 16.9 Å². The number of nitrogens with one attached hydrogen (secondary N) is 1. The summed E-state index contributed by atoms with van der Waals surface area (Å²) in [4.78, 5) is 9.14. The van der Waals surface area contributed by atoms with Crippen LogP contribution in [0.1, 0.15) is 33.4 Å². The third kappa shape index (κ3) is 3.70. The number of pyridine rings is 1. The Morgan fingerprint density at radius 2 is 1.61 bits per heavy atom. The first kappa shape index (κ1) is 19.1. The monoisotopic (exact) mass is 393 g/mol. The molecule has 0 saturated carbocycles. The highest BCUT2D eigenvalue weighted by atomic mass is 32.1. The standard InChI is InChI=1S/C21H24BN3O2S/c1-14-7-6-8-18(23-14)25-19-24-17(13-28-19)15-9-11-16(12-10-15)22-26-20(2,3)21(4,5)27-22/h6-13H,1-5H3,(H,23,24,25). The highest BCUT2D eigenvalue weighted by Gasteiger charge is 2.51. The van der Waals surface area contributed by atoms with Crippen molar-refractivity contribution < 1.29 is 9.31 Å². The molecule has 28 heavy (non-hydrogen) atoms. The maximum Gasteiger partial charge on any atom is 0.494 e. The van der Waals surface area contributed by atoms with Crippen molar-refractivity contribution in [3.8, 4) is 11.3 Å². The van der Waals surface area contributed by atoms with Crippen LogP contribution < -0.4 is 10.8 Å². The van der Waals surface area contributed by atoms with Crippen LogP contribution in [0.4, 0.5) is 10.9 Å². The van der Waals surface area contributed by atoms with E-state index in [1.807, 2.05) is 42.6 Å². The third-order valence-corrected chi connectivity index (χ3v) is 6.12. The summed E-state index contributed by atoms with van der Waals surface area (Å²) in [5.74, 6) is 0.803. The van der Waals surface area contributed by atoms with Crippen LogP contribution in [0.2, 0.25) is 0 Å². The van der Waals surface area contributed by atoms with Crippen molar-refractivity contribution in [2.75, 3.05) is 5.32 Å². The molecule has 3 heterocycles. The van der Waals surface area contributed by atoms with Crippen molar-refractivity contribution in [1.82, 2.24) is 9.97 Å². The van der Waals surface area contributed by atoms with Crippen molar-refractivity contribution in [1.29, 1.82) is 0 Å². The van der Waals surface area contributed by atoms with E-state index < -0.39 is 0 Å². The van der Waals surface area contributed by atoms with Crippen LogP contribution in [0.15, 0.2) is 47.8 Å². The van der Waals surface area contributed by atoms with E-state index in [0.29, 0.717) is 0 Å². The molecule has 1 aliphatic rings. The second-order valence-corrected chi connectivity index (χ2v) is 8.90. The van der Waals surface area contributed by atoms with Crippen LogP contribution in [-0.2, 0) is 9.31 Å². The van der Waals surface area contributed by atoms with E-state index in [1.165, 1.54) is 0 Å². The van der Waals surface area contributed by atoms with Crippen LogP contribution >= 0.6 is 11.3 Å². The number of aromatic nitrogens is 2. The molecule has 0 aliphatic carbocycles. The van der Waals surface area contributed by atoms with Crippen LogP contribution in [0.3, 0.4) is 0 Å². The summed E-state index contributed by atoms with van der Waals surface area (Å²) >= 11 is 1.56. The Bertz CT molecular complexity index is 969. The maximum absolute atomic E-state index is 6.12. The fourth-order valence-electron chi connectivity index (χ4n) is 2.98. The molecule has 0 amide bonds. The highest BCUT2D eigenvalue weighted by molar-refractivity contribution is 7.14. The summed E-state index contributed by atoms with van der Waals surface area (Å²) < 4.78 is 12.2. The lowest BCUT2D eigenvalue weighted by atomic mass is 9.79. The number of aryl methyl sites for hydroxylation is 1. The van der Waals surface area contributed by atoms with Gasteiger partial charge in [-0.2, -0.15) is 0 Å². The Kier molecular flexibility index (Phi) is 4.77. The molecule has 0 unspecified atom stereocenters. The van der Waals surface area contributed by atoms with Gasteiger partial charge in [-0.25, -0.2) is 9.97 Å². The normalized spacial score (nSPS) is 17.7. The van der Waals surface area contributed by atoms with Gasteiger partial charge in [-0.15, -0.1) is 11.3 Å². The molecule has 144 valence electrons. The van der Waals surface area contributed by atoms with Gasteiger partial charge < -0.3 is 14.6 Å². The largest absolute Gasteiger partial charge is 0.494 e. The number of benzene rings is 1. The van der Waals surface area contributed by atoms with Gasteiger partial charge in [-0.3, -0.25) is 0 Å². The molecule has 0 bridgehead atoms. The molecular weight excluding hydrogens is 369 g/mol. The van der Waals surface area contributed by atoms with Crippen LogP contribution in [-0.4, -0.2) is 28.3 Å². The van der Waals surface area contributed by atoms with Gasteiger partial charge in [0.25, 0.3) is 0 Å². The zero-order valence-electron chi connectivity index (χ0n) is 16.8. The first-order valence-corrected chi connectivity index (χ1v) is 10.2. The summed E-state index contributed by atoms with van der Waals surface area (Å²) in [5, 5.41) is 6.13. The Morgan fingerprint density at radius 3 is 2.25 bits per heavy atom. The number of hydrogen-bond donors (Lipinski definition) is 1. The summed E-state index contributed by atoms with van der Waals surface area (Å²) in [6.45, 7) is 10.2. The molecular formula is C21H24BN3O2S. The molecule has 0 atom stereocenters. The average Bonchev–Trinajstić information content (AvgIpc) is 3.17. The van der Waals surface area contributed by atoms with E-state index in [-0.39, 0.29) is 18.3 Å². The number of nitrogens with zero attached hydrogens (tertiary/aromatic N) is 2. The van der Waals surface area contributed by atoms with Gasteiger partial charge in [-0.1, -0.05) is 30.3 Å². The van der Waals surface area contributed by atoms with E-state index in [0.717, 1.165) is 33.4 Å². The SMILES string of the molecule is Cc1cccc(Nc2nc(-c3ccc(B4OC(C)(C)C(C)(C)O4)cc3)cs2)n1.